The molecule has 2 saturated carbocycles. The molecule has 2 rings (SSSR count). The molecule has 12 heavy (non-hydrogen) atoms. The highest BCUT2D eigenvalue weighted by atomic mass is 14.9. The van der Waals surface area contributed by atoms with Crippen LogP contribution in [0.25, 0.3) is 0 Å². The summed E-state index contributed by atoms with van der Waals surface area (Å²) in [7, 11) is 0. The maximum atomic E-state index is 8.59. The first-order chi connectivity index (χ1) is 5.77. The first-order valence-electron chi connectivity index (χ1n) is 4.90. The predicted octanol–water partition coefficient (Wildman–Crippen LogP) is 1.68. The summed E-state index contributed by atoms with van der Waals surface area (Å²) in [5.74, 6) is 0.996. The lowest BCUT2D eigenvalue weighted by molar-refractivity contribution is 0.396. The molecule has 1 atom stereocenters. The molecule has 0 spiro atoms. The van der Waals surface area contributed by atoms with E-state index >= 15 is 0 Å². The molecule has 1 unspecified atom stereocenters. The van der Waals surface area contributed by atoms with Gasteiger partial charge in [0.2, 0.25) is 0 Å². The monoisotopic (exact) mass is 164 g/mol. The summed E-state index contributed by atoms with van der Waals surface area (Å²) in [6.45, 7) is 3.01. The fraction of sp³-hybridized carbons (Fsp3) is 0.900. The van der Waals surface area contributed by atoms with Gasteiger partial charge in [-0.2, -0.15) is 5.26 Å². The van der Waals surface area contributed by atoms with E-state index in [0.717, 1.165) is 12.5 Å². The van der Waals surface area contributed by atoms with Crippen molar-refractivity contribution in [1.29, 1.82) is 5.26 Å². The Hall–Kier alpha value is -0.550. The highest BCUT2D eigenvalue weighted by molar-refractivity contribution is 5.06. The van der Waals surface area contributed by atoms with Crippen LogP contribution in [0.3, 0.4) is 0 Å². The van der Waals surface area contributed by atoms with Crippen molar-refractivity contribution in [1.82, 2.24) is 5.32 Å². The van der Waals surface area contributed by atoms with Crippen molar-refractivity contribution < 1.29 is 0 Å². The van der Waals surface area contributed by atoms with Crippen molar-refractivity contribution in [2.75, 3.05) is 6.54 Å². The van der Waals surface area contributed by atoms with Crippen LogP contribution in [0.4, 0.5) is 0 Å². The van der Waals surface area contributed by atoms with Gasteiger partial charge in [-0.15, -0.1) is 0 Å². The molecule has 0 aromatic rings. The summed E-state index contributed by atoms with van der Waals surface area (Å²) < 4.78 is 0. The Kier molecular flexibility index (Phi) is 1.84. The zero-order chi connectivity index (χ0) is 8.60. The minimum atomic E-state index is 0.0289. The van der Waals surface area contributed by atoms with Gasteiger partial charge in [0.15, 0.2) is 0 Å². The smallest absolute Gasteiger partial charge is 0.0924 e. The Morgan fingerprint density at radius 3 is 2.67 bits per heavy atom. The first-order valence-corrected chi connectivity index (χ1v) is 4.90. The van der Waals surface area contributed by atoms with E-state index in [2.05, 4.69) is 11.4 Å². The van der Waals surface area contributed by atoms with Crippen LogP contribution in [0.1, 0.15) is 32.6 Å². The Labute approximate surface area is 74.0 Å². The summed E-state index contributed by atoms with van der Waals surface area (Å²) in [6.07, 6.45) is 5.65. The molecule has 2 fully saturated rings. The molecule has 2 heteroatoms. The Balaban J connectivity index is 1.76. The lowest BCUT2D eigenvalue weighted by atomic mass is 10.0. The van der Waals surface area contributed by atoms with Crippen LogP contribution < -0.4 is 5.32 Å². The van der Waals surface area contributed by atoms with Crippen LogP contribution in [0, 0.1) is 22.7 Å². The van der Waals surface area contributed by atoms with Crippen LogP contribution in [-0.4, -0.2) is 12.6 Å². The van der Waals surface area contributed by atoms with Crippen molar-refractivity contribution in [3.8, 4) is 6.07 Å². The average Bonchev–Trinajstić information content (AvgIpc) is 2.88. The third-order valence-corrected chi connectivity index (χ3v) is 3.29. The van der Waals surface area contributed by atoms with Crippen LogP contribution in [-0.2, 0) is 0 Å². The first kappa shape index (κ1) is 8.07. The summed E-state index contributed by atoms with van der Waals surface area (Å²) >= 11 is 0. The molecule has 0 heterocycles. The number of nitrogens with zero attached hydrogens (tertiary/aromatic N) is 1. The molecular formula is C10H16N2. The molecule has 0 aliphatic heterocycles. The topological polar surface area (TPSA) is 35.8 Å². The van der Waals surface area contributed by atoms with Gasteiger partial charge in [0, 0.05) is 6.54 Å². The van der Waals surface area contributed by atoms with E-state index in [-0.39, 0.29) is 6.04 Å². The highest BCUT2D eigenvalue weighted by Crippen LogP contribution is 2.60. The summed E-state index contributed by atoms with van der Waals surface area (Å²) in [5.41, 5.74) is 0.630. The number of hydrogen-bond donors (Lipinski definition) is 1. The number of nitrogens with one attached hydrogen (secondary N) is 1. The Morgan fingerprint density at radius 1 is 1.58 bits per heavy atom. The molecule has 2 aliphatic carbocycles. The van der Waals surface area contributed by atoms with Gasteiger partial charge in [-0.25, -0.2) is 0 Å². The third-order valence-electron chi connectivity index (χ3n) is 3.29. The molecule has 0 aromatic heterocycles. The average molecular weight is 164 g/mol. The largest absolute Gasteiger partial charge is 0.302 e. The molecule has 0 aromatic carbocycles. The fourth-order valence-corrected chi connectivity index (χ4v) is 1.99. The molecule has 1 N–H and O–H groups in total. The standard InChI is InChI=1S/C10H16N2/c1-8(6-11)12-7-10(4-5-10)9-2-3-9/h8-9,12H,2-5,7H2,1H3. The second-order valence-corrected chi connectivity index (χ2v) is 4.37. The van der Waals surface area contributed by atoms with Gasteiger partial charge >= 0.3 is 0 Å². The van der Waals surface area contributed by atoms with Gasteiger partial charge in [0.25, 0.3) is 0 Å². The van der Waals surface area contributed by atoms with E-state index in [1.54, 1.807) is 0 Å². The lowest BCUT2D eigenvalue weighted by Crippen LogP contribution is -2.31. The molecule has 2 aliphatic rings. The van der Waals surface area contributed by atoms with Crippen LogP contribution in [0.15, 0.2) is 0 Å². The second-order valence-electron chi connectivity index (χ2n) is 4.37. The minimum absolute atomic E-state index is 0.0289. The van der Waals surface area contributed by atoms with E-state index < -0.39 is 0 Å². The van der Waals surface area contributed by atoms with Gasteiger partial charge in [0.05, 0.1) is 12.1 Å². The molecule has 0 radical (unpaired) electrons. The number of hydrogen-bond acceptors (Lipinski definition) is 2. The minimum Gasteiger partial charge on any atom is -0.302 e. The summed E-state index contributed by atoms with van der Waals surface area (Å²) in [5, 5.41) is 11.9. The Bertz CT molecular complexity index is 208. The van der Waals surface area contributed by atoms with Gasteiger partial charge in [-0.1, -0.05) is 0 Å². The van der Waals surface area contributed by atoms with Crippen LogP contribution >= 0.6 is 0 Å². The quantitative estimate of drug-likeness (QED) is 0.686. The highest BCUT2D eigenvalue weighted by Gasteiger charge is 2.53. The van der Waals surface area contributed by atoms with Crippen molar-refractivity contribution >= 4 is 0 Å². The van der Waals surface area contributed by atoms with Crippen molar-refractivity contribution in [2.45, 2.75) is 38.6 Å². The van der Waals surface area contributed by atoms with Gasteiger partial charge < -0.3 is 5.32 Å². The molecule has 2 nitrogen and oxygen atoms in total. The summed E-state index contributed by atoms with van der Waals surface area (Å²) in [6, 6.07) is 2.24. The lowest BCUT2D eigenvalue weighted by Gasteiger charge is -2.15. The predicted molar refractivity (Wildman–Crippen MR) is 47.5 cm³/mol. The van der Waals surface area contributed by atoms with Crippen molar-refractivity contribution in [3.63, 3.8) is 0 Å². The summed E-state index contributed by atoms with van der Waals surface area (Å²) in [4.78, 5) is 0. The maximum absolute atomic E-state index is 8.59. The number of rotatable bonds is 4. The molecule has 0 amide bonds. The van der Waals surface area contributed by atoms with Crippen LogP contribution in [0.2, 0.25) is 0 Å². The van der Waals surface area contributed by atoms with Gasteiger partial charge in [-0.3, -0.25) is 0 Å². The van der Waals surface area contributed by atoms with E-state index in [1.165, 1.54) is 25.7 Å². The SMILES string of the molecule is CC(C#N)NCC1(C2CC2)CC1. The van der Waals surface area contributed by atoms with E-state index in [9.17, 15) is 0 Å². The fourth-order valence-electron chi connectivity index (χ4n) is 1.99. The molecule has 0 saturated heterocycles. The third kappa shape index (κ3) is 1.47. The Morgan fingerprint density at radius 2 is 2.25 bits per heavy atom. The second kappa shape index (κ2) is 2.74. The molecule has 0 bridgehead atoms. The van der Waals surface area contributed by atoms with Crippen molar-refractivity contribution in [3.05, 3.63) is 0 Å². The number of nitriles is 1. The van der Waals surface area contributed by atoms with Gasteiger partial charge in [0.1, 0.15) is 0 Å². The van der Waals surface area contributed by atoms with E-state index in [1.807, 2.05) is 6.92 Å². The van der Waals surface area contributed by atoms with Crippen molar-refractivity contribution in [2.24, 2.45) is 11.3 Å². The van der Waals surface area contributed by atoms with Crippen LogP contribution in [0.5, 0.6) is 0 Å². The maximum Gasteiger partial charge on any atom is 0.0924 e. The normalized spacial score (nSPS) is 27.7. The zero-order valence-electron chi connectivity index (χ0n) is 7.64. The zero-order valence-corrected chi connectivity index (χ0v) is 7.64. The van der Waals surface area contributed by atoms with E-state index in [0.29, 0.717) is 5.41 Å². The van der Waals surface area contributed by atoms with Gasteiger partial charge in [-0.05, 0) is 43.9 Å². The molecule has 66 valence electrons. The molecular weight excluding hydrogens is 148 g/mol. The van der Waals surface area contributed by atoms with E-state index in [4.69, 9.17) is 5.26 Å².